The van der Waals surface area contributed by atoms with Crippen LogP contribution in [0.2, 0.25) is 0 Å². The number of ether oxygens (including phenoxy) is 1. The lowest BCUT2D eigenvalue weighted by Gasteiger charge is -2.11. The van der Waals surface area contributed by atoms with Crippen LogP contribution in [0.4, 0.5) is 5.69 Å². The molecule has 2 amide bonds. The van der Waals surface area contributed by atoms with Crippen molar-refractivity contribution in [1.82, 2.24) is 5.32 Å². The van der Waals surface area contributed by atoms with E-state index in [2.05, 4.69) is 10.6 Å². The molecule has 0 atom stereocenters. The standard InChI is InChI=1S/C21H24N2O4/c1-14-8-6-10-18(16(14)3)23-19(24)13-27-20(25)11-12-22-21(26)17-9-5-4-7-15(17)2/h4-10H,11-13H2,1-3H3,(H,22,26)(H,23,24). The van der Waals surface area contributed by atoms with Gasteiger partial charge in [0.05, 0.1) is 6.42 Å². The lowest BCUT2D eigenvalue weighted by molar-refractivity contribution is -0.147. The highest BCUT2D eigenvalue weighted by Crippen LogP contribution is 2.17. The number of carbonyl (C=O) groups excluding carboxylic acids is 3. The molecule has 6 heteroatoms. The highest BCUT2D eigenvalue weighted by Gasteiger charge is 2.11. The van der Waals surface area contributed by atoms with E-state index in [1.165, 1.54) is 0 Å². The second-order valence-corrected chi connectivity index (χ2v) is 6.28. The van der Waals surface area contributed by atoms with E-state index in [9.17, 15) is 14.4 Å². The van der Waals surface area contributed by atoms with Gasteiger partial charge in [0.1, 0.15) is 0 Å². The molecule has 0 radical (unpaired) electrons. The number of anilines is 1. The second-order valence-electron chi connectivity index (χ2n) is 6.28. The van der Waals surface area contributed by atoms with Gasteiger partial charge in [-0.05, 0) is 49.6 Å². The smallest absolute Gasteiger partial charge is 0.308 e. The van der Waals surface area contributed by atoms with Gasteiger partial charge in [0, 0.05) is 17.8 Å². The summed E-state index contributed by atoms with van der Waals surface area (Å²) in [6, 6.07) is 12.8. The molecule has 0 bridgehead atoms. The highest BCUT2D eigenvalue weighted by atomic mass is 16.5. The van der Waals surface area contributed by atoms with Crippen LogP contribution in [0.3, 0.4) is 0 Å². The Morgan fingerprint density at radius 3 is 2.37 bits per heavy atom. The Labute approximate surface area is 158 Å². The molecular formula is C21H24N2O4. The van der Waals surface area contributed by atoms with Crippen molar-refractivity contribution in [2.45, 2.75) is 27.2 Å². The molecule has 0 aliphatic carbocycles. The first-order valence-electron chi connectivity index (χ1n) is 8.74. The van der Waals surface area contributed by atoms with Crippen LogP contribution in [0.1, 0.15) is 33.5 Å². The Morgan fingerprint density at radius 2 is 1.63 bits per heavy atom. The van der Waals surface area contributed by atoms with Crippen molar-refractivity contribution < 1.29 is 19.1 Å². The summed E-state index contributed by atoms with van der Waals surface area (Å²) in [5, 5.41) is 5.39. The second kappa shape index (κ2) is 9.52. The summed E-state index contributed by atoms with van der Waals surface area (Å²) in [7, 11) is 0. The lowest BCUT2D eigenvalue weighted by Crippen LogP contribution is -2.28. The maximum Gasteiger partial charge on any atom is 0.308 e. The number of hydrogen-bond donors (Lipinski definition) is 2. The Morgan fingerprint density at radius 1 is 0.926 bits per heavy atom. The van der Waals surface area contributed by atoms with Gasteiger partial charge in [0.15, 0.2) is 6.61 Å². The van der Waals surface area contributed by atoms with Crippen LogP contribution in [0.15, 0.2) is 42.5 Å². The minimum Gasteiger partial charge on any atom is -0.456 e. The van der Waals surface area contributed by atoms with Crippen LogP contribution >= 0.6 is 0 Å². The summed E-state index contributed by atoms with van der Waals surface area (Å²) in [4.78, 5) is 35.7. The predicted octanol–water partition coefficient (Wildman–Crippen LogP) is 2.91. The molecule has 0 unspecified atom stereocenters. The first-order valence-corrected chi connectivity index (χ1v) is 8.74. The van der Waals surface area contributed by atoms with E-state index >= 15 is 0 Å². The van der Waals surface area contributed by atoms with Crippen LogP contribution in [-0.2, 0) is 14.3 Å². The average Bonchev–Trinajstić information content (AvgIpc) is 2.64. The van der Waals surface area contributed by atoms with Gasteiger partial charge in [-0.3, -0.25) is 14.4 Å². The molecule has 0 saturated heterocycles. The van der Waals surface area contributed by atoms with Gasteiger partial charge in [-0.2, -0.15) is 0 Å². The monoisotopic (exact) mass is 368 g/mol. The van der Waals surface area contributed by atoms with Gasteiger partial charge in [0.2, 0.25) is 0 Å². The van der Waals surface area contributed by atoms with Crippen LogP contribution < -0.4 is 10.6 Å². The summed E-state index contributed by atoms with van der Waals surface area (Å²) in [5.74, 6) is -1.19. The van der Waals surface area contributed by atoms with E-state index in [0.717, 1.165) is 16.7 Å². The maximum absolute atomic E-state index is 12.0. The molecule has 2 aromatic rings. The van der Waals surface area contributed by atoms with Crippen LogP contribution in [-0.4, -0.2) is 30.9 Å². The first-order chi connectivity index (χ1) is 12.9. The average molecular weight is 368 g/mol. The van der Waals surface area contributed by atoms with Crippen molar-refractivity contribution in [2.24, 2.45) is 0 Å². The van der Waals surface area contributed by atoms with Crippen molar-refractivity contribution in [3.63, 3.8) is 0 Å². The summed E-state index contributed by atoms with van der Waals surface area (Å²) in [6.07, 6.45) is -0.00558. The summed E-state index contributed by atoms with van der Waals surface area (Å²) >= 11 is 0. The fourth-order valence-corrected chi connectivity index (χ4v) is 2.49. The van der Waals surface area contributed by atoms with E-state index in [4.69, 9.17) is 4.74 Å². The summed E-state index contributed by atoms with van der Waals surface area (Å²) < 4.78 is 4.96. The quantitative estimate of drug-likeness (QED) is 0.736. The number of nitrogens with one attached hydrogen (secondary N) is 2. The Kier molecular flexibility index (Phi) is 7.11. The fraction of sp³-hybridized carbons (Fsp3) is 0.286. The molecule has 0 fully saturated rings. The largest absolute Gasteiger partial charge is 0.456 e. The topological polar surface area (TPSA) is 84.5 Å². The zero-order chi connectivity index (χ0) is 19.8. The minimum absolute atomic E-state index is 0.00558. The number of rotatable bonds is 7. The predicted molar refractivity (Wildman–Crippen MR) is 104 cm³/mol. The van der Waals surface area contributed by atoms with Crippen LogP contribution in [0.5, 0.6) is 0 Å². The normalized spacial score (nSPS) is 10.2. The zero-order valence-electron chi connectivity index (χ0n) is 15.8. The molecular weight excluding hydrogens is 344 g/mol. The van der Waals surface area contributed by atoms with Crippen molar-refractivity contribution in [2.75, 3.05) is 18.5 Å². The van der Waals surface area contributed by atoms with Gasteiger partial charge in [-0.1, -0.05) is 30.3 Å². The van der Waals surface area contributed by atoms with Crippen LogP contribution in [0.25, 0.3) is 0 Å². The molecule has 0 heterocycles. The number of carbonyl (C=O) groups is 3. The molecule has 0 spiro atoms. The zero-order valence-corrected chi connectivity index (χ0v) is 15.8. The summed E-state index contributed by atoms with van der Waals surface area (Å²) in [6.45, 7) is 5.49. The molecule has 0 aliphatic rings. The van der Waals surface area contributed by atoms with Crippen LogP contribution in [0, 0.1) is 20.8 Å². The van der Waals surface area contributed by atoms with E-state index < -0.39 is 11.9 Å². The fourth-order valence-electron chi connectivity index (χ4n) is 2.49. The lowest BCUT2D eigenvalue weighted by atomic mass is 10.1. The van der Waals surface area contributed by atoms with E-state index in [1.807, 2.05) is 45.0 Å². The molecule has 0 aromatic heterocycles. The molecule has 27 heavy (non-hydrogen) atoms. The van der Waals surface area contributed by atoms with Gasteiger partial charge < -0.3 is 15.4 Å². The Hall–Kier alpha value is -3.15. The summed E-state index contributed by atoms with van der Waals surface area (Å²) in [5.41, 5.74) is 4.16. The molecule has 2 N–H and O–H groups in total. The first kappa shape index (κ1) is 20.2. The Bertz CT molecular complexity index is 846. The number of benzene rings is 2. The van der Waals surface area contributed by atoms with E-state index in [0.29, 0.717) is 11.3 Å². The molecule has 2 rings (SSSR count). The van der Waals surface area contributed by atoms with E-state index in [-0.39, 0.29) is 25.5 Å². The van der Waals surface area contributed by atoms with E-state index in [1.54, 1.807) is 18.2 Å². The number of hydrogen-bond acceptors (Lipinski definition) is 4. The van der Waals surface area contributed by atoms with Gasteiger partial charge >= 0.3 is 5.97 Å². The van der Waals surface area contributed by atoms with Crippen molar-refractivity contribution in [1.29, 1.82) is 0 Å². The molecule has 6 nitrogen and oxygen atoms in total. The Balaban J connectivity index is 1.71. The number of aryl methyl sites for hydroxylation is 2. The molecule has 0 saturated carbocycles. The van der Waals surface area contributed by atoms with Crippen molar-refractivity contribution >= 4 is 23.5 Å². The third-order valence-corrected chi connectivity index (χ3v) is 4.25. The van der Waals surface area contributed by atoms with Gasteiger partial charge in [0.25, 0.3) is 11.8 Å². The molecule has 0 aliphatic heterocycles. The van der Waals surface area contributed by atoms with Crippen molar-refractivity contribution in [3.8, 4) is 0 Å². The molecule has 2 aromatic carbocycles. The third kappa shape index (κ3) is 5.95. The highest BCUT2D eigenvalue weighted by molar-refractivity contribution is 5.96. The third-order valence-electron chi connectivity index (χ3n) is 4.25. The van der Waals surface area contributed by atoms with Crippen molar-refractivity contribution in [3.05, 3.63) is 64.7 Å². The molecule has 142 valence electrons. The minimum atomic E-state index is -0.545. The maximum atomic E-state index is 12.0. The van der Waals surface area contributed by atoms with Gasteiger partial charge in [-0.15, -0.1) is 0 Å². The number of amides is 2. The SMILES string of the molecule is Cc1ccccc1C(=O)NCCC(=O)OCC(=O)Nc1cccc(C)c1C. The number of esters is 1. The van der Waals surface area contributed by atoms with Gasteiger partial charge in [-0.25, -0.2) is 0 Å².